The van der Waals surface area contributed by atoms with E-state index in [4.69, 9.17) is 35.4 Å². The number of carboxylic acids is 1. The molecule has 1 aliphatic rings. The fraction of sp³-hybridized carbons (Fsp3) is 0.286. The van der Waals surface area contributed by atoms with E-state index >= 15 is 0 Å². The average molecular weight is 345 g/mol. The lowest BCUT2D eigenvalue weighted by Crippen LogP contribution is -2.48. The van der Waals surface area contributed by atoms with E-state index < -0.39 is 12.0 Å². The second kappa shape index (κ2) is 6.22. The Morgan fingerprint density at radius 2 is 2.10 bits per heavy atom. The van der Waals surface area contributed by atoms with Crippen molar-refractivity contribution in [1.29, 1.82) is 0 Å². The van der Waals surface area contributed by atoms with E-state index in [9.17, 15) is 9.90 Å². The van der Waals surface area contributed by atoms with Crippen LogP contribution in [0, 0.1) is 0 Å². The van der Waals surface area contributed by atoms with Gasteiger partial charge in [0.15, 0.2) is 5.11 Å². The fourth-order valence-corrected chi connectivity index (χ4v) is 3.10. The number of likely N-dealkylation sites (N-methyl/N-ethyl adjacent to an activating group) is 1. The molecule has 2 N–H and O–H groups in total. The minimum Gasteiger partial charge on any atom is -0.478 e. The molecule has 112 valence electrons. The Kier molecular flexibility index (Phi) is 4.76. The smallest absolute Gasteiger partial charge is 0.335 e. The molecule has 1 unspecified atom stereocenters. The molecular formula is C14H14Cl2N2O2S. The van der Waals surface area contributed by atoms with Crippen LogP contribution in [0.25, 0.3) is 0 Å². The number of nitrogens with zero attached hydrogens (tertiary/aromatic N) is 1. The second-order valence-electron chi connectivity index (χ2n) is 4.64. The van der Waals surface area contributed by atoms with Crippen LogP contribution in [0.2, 0.25) is 10.0 Å². The van der Waals surface area contributed by atoms with Crippen molar-refractivity contribution in [2.24, 2.45) is 0 Å². The van der Waals surface area contributed by atoms with Gasteiger partial charge in [0.2, 0.25) is 0 Å². The summed E-state index contributed by atoms with van der Waals surface area (Å²) in [6.45, 7) is 4.19. The summed E-state index contributed by atoms with van der Waals surface area (Å²) in [4.78, 5) is 13.5. The van der Waals surface area contributed by atoms with Crippen LogP contribution in [0.5, 0.6) is 0 Å². The molecule has 0 aromatic heterocycles. The van der Waals surface area contributed by atoms with Gasteiger partial charge in [0, 0.05) is 12.2 Å². The van der Waals surface area contributed by atoms with Crippen molar-refractivity contribution in [1.82, 2.24) is 10.2 Å². The molecule has 0 saturated carbocycles. The summed E-state index contributed by atoms with van der Waals surface area (Å²) in [5.41, 5.74) is 1.53. The summed E-state index contributed by atoms with van der Waals surface area (Å²) in [6, 6.07) is 4.62. The third-order valence-electron chi connectivity index (χ3n) is 3.37. The topological polar surface area (TPSA) is 52.6 Å². The maximum atomic E-state index is 11.6. The second-order valence-corrected chi connectivity index (χ2v) is 5.84. The molecule has 7 heteroatoms. The van der Waals surface area contributed by atoms with Crippen LogP contribution >= 0.6 is 35.4 Å². The molecule has 1 aliphatic heterocycles. The quantitative estimate of drug-likeness (QED) is 0.820. The molecular weight excluding hydrogens is 331 g/mol. The van der Waals surface area contributed by atoms with E-state index in [0.717, 1.165) is 5.56 Å². The number of rotatable bonds is 3. The average Bonchev–Trinajstić information content (AvgIpc) is 2.40. The lowest BCUT2D eigenvalue weighted by Gasteiger charge is -2.38. The van der Waals surface area contributed by atoms with Crippen LogP contribution in [0.3, 0.4) is 0 Å². The van der Waals surface area contributed by atoms with Gasteiger partial charge in [-0.05, 0) is 43.8 Å². The molecule has 0 spiro atoms. The maximum absolute atomic E-state index is 11.6. The lowest BCUT2D eigenvalue weighted by atomic mass is 9.94. The first kappa shape index (κ1) is 16.1. The van der Waals surface area contributed by atoms with E-state index in [1.165, 1.54) is 0 Å². The van der Waals surface area contributed by atoms with Crippen molar-refractivity contribution < 1.29 is 9.90 Å². The predicted molar refractivity (Wildman–Crippen MR) is 87.7 cm³/mol. The number of hydrogen-bond donors (Lipinski definition) is 2. The predicted octanol–water partition coefficient (Wildman–Crippen LogP) is 3.60. The zero-order valence-corrected chi connectivity index (χ0v) is 13.8. The zero-order chi connectivity index (χ0) is 15.7. The van der Waals surface area contributed by atoms with Gasteiger partial charge in [-0.25, -0.2) is 4.79 Å². The Labute approximate surface area is 138 Å². The molecule has 2 rings (SSSR count). The van der Waals surface area contributed by atoms with Gasteiger partial charge in [0.25, 0.3) is 0 Å². The number of carboxylic acid groups (broad SMARTS) is 1. The third kappa shape index (κ3) is 3.00. The third-order valence-corrected chi connectivity index (χ3v) is 4.45. The Morgan fingerprint density at radius 1 is 1.43 bits per heavy atom. The molecule has 0 radical (unpaired) electrons. The highest BCUT2D eigenvalue weighted by molar-refractivity contribution is 7.80. The van der Waals surface area contributed by atoms with Crippen LogP contribution < -0.4 is 5.32 Å². The van der Waals surface area contributed by atoms with Gasteiger partial charge >= 0.3 is 5.97 Å². The normalized spacial score (nSPS) is 18.8. The molecule has 0 amide bonds. The summed E-state index contributed by atoms with van der Waals surface area (Å²) in [5.74, 6) is -0.989. The molecule has 0 aliphatic carbocycles. The number of allylic oxidation sites excluding steroid dienone is 1. The van der Waals surface area contributed by atoms with Crippen LogP contribution in [0.4, 0.5) is 0 Å². The van der Waals surface area contributed by atoms with Crippen molar-refractivity contribution in [3.63, 3.8) is 0 Å². The highest BCUT2D eigenvalue weighted by Crippen LogP contribution is 2.36. The van der Waals surface area contributed by atoms with E-state index in [-0.39, 0.29) is 5.57 Å². The van der Waals surface area contributed by atoms with Crippen molar-refractivity contribution in [3.8, 4) is 0 Å². The Balaban J connectivity index is 2.62. The summed E-state index contributed by atoms with van der Waals surface area (Å²) in [5, 5.41) is 13.8. The number of aliphatic carboxylic acids is 1. The van der Waals surface area contributed by atoms with Crippen molar-refractivity contribution in [3.05, 3.63) is 45.1 Å². The first-order valence-electron chi connectivity index (χ1n) is 6.33. The molecule has 0 saturated heterocycles. The first-order valence-corrected chi connectivity index (χ1v) is 7.49. The number of hydrogen-bond acceptors (Lipinski definition) is 2. The van der Waals surface area contributed by atoms with Crippen LogP contribution in [0.15, 0.2) is 29.5 Å². The van der Waals surface area contributed by atoms with Crippen molar-refractivity contribution in [2.45, 2.75) is 19.9 Å². The number of benzene rings is 1. The van der Waals surface area contributed by atoms with Gasteiger partial charge in [-0.3, -0.25) is 0 Å². The largest absolute Gasteiger partial charge is 0.478 e. The van der Waals surface area contributed by atoms with Crippen molar-refractivity contribution >= 4 is 46.5 Å². The van der Waals surface area contributed by atoms with Gasteiger partial charge in [0.1, 0.15) is 0 Å². The number of halogens is 2. The Bertz CT molecular complexity index is 646. The van der Waals surface area contributed by atoms with Gasteiger partial charge in [-0.1, -0.05) is 29.3 Å². The minimum atomic E-state index is -0.989. The molecule has 1 heterocycles. The summed E-state index contributed by atoms with van der Waals surface area (Å²) in [6.07, 6.45) is 0. The van der Waals surface area contributed by atoms with E-state index in [1.807, 2.05) is 11.8 Å². The molecule has 21 heavy (non-hydrogen) atoms. The van der Waals surface area contributed by atoms with Crippen LogP contribution in [-0.2, 0) is 4.79 Å². The highest BCUT2D eigenvalue weighted by Gasteiger charge is 2.35. The van der Waals surface area contributed by atoms with E-state index in [2.05, 4.69) is 5.32 Å². The maximum Gasteiger partial charge on any atom is 0.335 e. The molecule has 1 aromatic carbocycles. The molecule has 0 fully saturated rings. The number of nitrogens with one attached hydrogen (secondary N) is 1. The SMILES string of the molecule is CCN1C(=S)NC(C)=C(C(=O)O)C1c1ccc(Cl)c(Cl)c1. The molecule has 0 bridgehead atoms. The standard InChI is InChI=1S/C14H14Cl2N2O2S/c1-3-18-12(8-4-5-9(15)10(16)6-8)11(13(19)20)7(2)17-14(18)21/h4-6,12H,3H2,1-2H3,(H,17,21)(H,19,20). The van der Waals surface area contributed by atoms with Crippen LogP contribution in [-0.4, -0.2) is 27.6 Å². The molecule has 1 atom stereocenters. The Hall–Kier alpha value is -1.30. The van der Waals surface area contributed by atoms with E-state index in [0.29, 0.717) is 27.4 Å². The Morgan fingerprint density at radius 3 is 2.62 bits per heavy atom. The van der Waals surface area contributed by atoms with Gasteiger partial charge < -0.3 is 15.3 Å². The minimum absolute atomic E-state index is 0.254. The number of thiocarbonyl (C=S) groups is 1. The van der Waals surface area contributed by atoms with E-state index in [1.54, 1.807) is 25.1 Å². The zero-order valence-electron chi connectivity index (χ0n) is 11.5. The highest BCUT2D eigenvalue weighted by atomic mass is 35.5. The summed E-state index contributed by atoms with van der Waals surface area (Å²) in [7, 11) is 0. The lowest BCUT2D eigenvalue weighted by molar-refractivity contribution is -0.133. The van der Waals surface area contributed by atoms with Gasteiger partial charge in [-0.2, -0.15) is 0 Å². The van der Waals surface area contributed by atoms with Crippen LogP contribution in [0.1, 0.15) is 25.5 Å². The van der Waals surface area contributed by atoms with Gasteiger partial charge in [0.05, 0.1) is 21.7 Å². The summed E-state index contributed by atoms with van der Waals surface area (Å²) < 4.78 is 0. The molecule has 1 aromatic rings. The monoisotopic (exact) mass is 344 g/mol. The fourth-order valence-electron chi connectivity index (χ4n) is 2.41. The first-order chi connectivity index (χ1) is 9.86. The number of carbonyl (C=O) groups is 1. The van der Waals surface area contributed by atoms with Crippen molar-refractivity contribution in [2.75, 3.05) is 6.54 Å². The summed E-state index contributed by atoms with van der Waals surface area (Å²) >= 11 is 17.3. The van der Waals surface area contributed by atoms with Gasteiger partial charge in [-0.15, -0.1) is 0 Å². The molecule has 4 nitrogen and oxygen atoms in total.